The molecule has 9 heteroatoms. The van der Waals surface area contributed by atoms with Crippen LogP contribution in [0, 0.1) is 10.1 Å². The summed E-state index contributed by atoms with van der Waals surface area (Å²) < 4.78 is 0. The molecule has 2 aromatic rings. The van der Waals surface area contributed by atoms with Gasteiger partial charge in [0.2, 0.25) is 5.91 Å². The molecule has 26 heavy (non-hydrogen) atoms. The van der Waals surface area contributed by atoms with Crippen molar-refractivity contribution in [1.29, 1.82) is 0 Å². The molecule has 0 aliphatic carbocycles. The Morgan fingerprint density at radius 3 is 2.42 bits per heavy atom. The zero-order valence-electron chi connectivity index (χ0n) is 14.2. The minimum Gasteiger partial charge on any atom is -0.387 e. The lowest BCUT2D eigenvalue weighted by Gasteiger charge is -2.18. The molecule has 2 rings (SSSR count). The van der Waals surface area contributed by atoms with Crippen LogP contribution in [0.4, 0.5) is 17.1 Å². The zero-order valence-corrected chi connectivity index (χ0v) is 14.9. The summed E-state index contributed by atoms with van der Waals surface area (Å²) in [6.07, 6.45) is 0. The molecule has 0 aromatic heterocycles. The van der Waals surface area contributed by atoms with E-state index in [1.807, 2.05) is 0 Å². The number of carbonyl (C=O) groups is 2. The van der Waals surface area contributed by atoms with E-state index in [4.69, 9.17) is 11.6 Å². The first-order valence-electron chi connectivity index (χ1n) is 7.59. The predicted molar refractivity (Wildman–Crippen MR) is 99.7 cm³/mol. The Morgan fingerprint density at radius 1 is 1.19 bits per heavy atom. The van der Waals surface area contributed by atoms with Crippen LogP contribution in [0.3, 0.4) is 0 Å². The molecule has 0 radical (unpaired) electrons. The number of anilines is 2. The van der Waals surface area contributed by atoms with Gasteiger partial charge in [-0.2, -0.15) is 0 Å². The average Bonchev–Trinajstić information content (AvgIpc) is 2.62. The van der Waals surface area contributed by atoms with E-state index in [-0.39, 0.29) is 17.8 Å². The molecule has 0 aliphatic heterocycles. The summed E-state index contributed by atoms with van der Waals surface area (Å²) in [6.45, 7) is -0.215. The Hall–Kier alpha value is -3.13. The number of benzene rings is 2. The minimum atomic E-state index is -0.580. The van der Waals surface area contributed by atoms with E-state index < -0.39 is 16.7 Å². The van der Waals surface area contributed by atoms with Gasteiger partial charge in [0.15, 0.2) is 0 Å². The van der Waals surface area contributed by atoms with Crippen LogP contribution in [-0.2, 0) is 4.79 Å². The smallest absolute Gasteiger partial charge is 0.270 e. The maximum Gasteiger partial charge on any atom is 0.270 e. The second kappa shape index (κ2) is 8.30. The number of nitrogens with one attached hydrogen (secondary N) is 2. The van der Waals surface area contributed by atoms with E-state index >= 15 is 0 Å². The first kappa shape index (κ1) is 19.2. The number of non-ortho nitro benzene ring substituents is 1. The number of nitrogens with zero attached hydrogens (tertiary/aromatic N) is 2. The van der Waals surface area contributed by atoms with E-state index in [0.717, 1.165) is 0 Å². The fourth-order valence-electron chi connectivity index (χ4n) is 2.27. The highest BCUT2D eigenvalue weighted by Crippen LogP contribution is 2.23. The number of hydrogen-bond acceptors (Lipinski definition) is 5. The van der Waals surface area contributed by atoms with Gasteiger partial charge in [-0.25, -0.2) is 0 Å². The van der Waals surface area contributed by atoms with Gasteiger partial charge in [-0.15, -0.1) is 0 Å². The summed E-state index contributed by atoms with van der Waals surface area (Å²) in [6, 6.07) is 10.5. The number of halogens is 1. The molecule has 0 atom stereocenters. The van der Waals surface area contributed by atoms with Gasteiger partial charge in [-0.1, -0.05) is 11.6 Å². The molecule has 0 unspecified atom stereocenters. The number of nitro benzene ring substituents is 1. The monoisotopic (exact) mass is 376 g/mol. The summed E-state index contributed by atoms with van der Waals surface area (Å²) >= 11 is 5.79. The maximum absolute atomic E-state index is 12.6. The van der Waals surface area contributed by atoms with Gasteiger partial charge >= 0.3 is 0 Å². The van der Waals surface area contributed by atoms with Crippen molar-refractivity contribution in [3.8, 4) is 0 Å². The molecule has 0 heterocycles. The molecular weight excluding hydrogens is 360 g/mol. The van der Waals surface area contributed by atoms with Crippen molar-refractivity contribution in [3.05, 3.63) is 63.2 Å². The predicted octanol–water partition coefficient (Wildman–Crippen LogP) is 3.00. The van der Waals surface area contributed by atoms with Crippen LogP contribution in [0.15, 0.2) is 42.5 Å². The highest BCUT2D eigenvalue weighted by atomic mass is 35.5. The number of carbonyl (C=O) groups excluding carboxylic acids is 2. The number of hydrogen-bond donors (Lipinski definition) is 2. The lowest BCUT2D eigenvalue weighted by Crippen LogP contribution is -2.35. The largest absolute Gasteiger partial charge is 0.387 e. The van der Waals surface area contributed by atoms with E-state index in [2.05, 4.69) is 10.6 Å². The number of likely N-dealkylation sites (N-methyl/N-ethyl adjacent to an activating group) is 1. The molecule has 2 N–H and O–H groups in total. The van der Waals surface area contributed by atoms with Crippen molar-refractivity contribution in [2.45, 2.75) is 0 Å². The highest BCUT2D eigenvalue weighted by Gasteiger charge is 2.21. The Labute approximate surface area is 154 Å². The third-order valence-electron chi connectivity index (χ3n) is 3.57. The Bertz CT molecular complexity index is 839. The van der Waals surface area contributed by atoms with Gasteiger partial charge in [-0.05, 0) is 30.3 Å². The zero-order chi connectivity index (χ0) is 19.3. The van der Waals surface area contributed by atoms with Gasteiger partial charge in [0.1, 0.15) is 0 Å². The highest BCUT2D eigenvalue weighted by molar-refractivity contribution is 6.30. The molecule has 0 aliphatic rings. The number of nitro groups is 1. The fourth-order valence-corrected chi connectivity index (χ4v) is 2.39. The van der Waals surface area contributed by atoms with Crippen molar-refractivity contribution in [3.63, 3.8) is 0 Å². The summed E-state index contributed by atoms with van der Waals surface area (Å²) in [7, 11) is 3.05. The van der Waals surface area contributed by atoms with Crippen LogP contribution < -0.4 is 10.6 Å². The van der Waals surface area contributed by atoms with Gasteiger partial charge in [0.05, 0.1) is 17.0 Å². The summed E-state index contributed by atoms with van der Waals surface area (Å²) in [5.74, 6) is -0.913. The van der Waals surface area contributed by atoms with Crippen LogP contribution in [0.1, 0.15) is 10.4 Å². The van der Waals surface area contributed by atoms with Crippen molar-refractivity contribution in [1.82, 2.24) is 4.90 Å². The Morgan fingerprint density at radius 2 is 1.85 bits per heavy atom. The second-order valence-electron chi connectivity index (χ2n) is 5.45. The van der Waals surface area contributed by atoms with Crippen LogP contribution >= 0.6 is 11.6 Å². The maximum atomic E-state index is 12.6. The van der Waals surface area contributed by atoms with Crippen molar-refractivity contribution in [2.24, 2.45) is 0 Å². The molecule has 2 amide bonds. The van der Waals surface area contributed by atoms with E-state index in [0.29, 0.717) is 16.4 Å². The molecule has 0 fully saturated rings. The molecule has 2 aromatic carbocycles. The molecule has 0 bridgehead atoms. The van der Waals surface area contributed by atoms with Crippen molar-refractivity contribution < 1.29 is 14.5 Å². The normalized spacial score (nSPS) is 10.1. The van der Waals surface area contributed by atoms with Crippen LogP contribution in [0.25, 0.3) is 0 Å². The number of rotatable bonds is 6. The third-order valence-corrected chi connectivity index (χ3v) is 3.82. The first-order valence-corrected chi connectivity index (χ1v) is 7.96. The average molecular weight is 377 g/mol. The molecule has 8 nitrogen and oxygen atoms in total. The van der Waals surface area contributed by atoms with Gasteiger partial charge in [0, 0.05) is 42.6 Å². The van der Waals surface area contributed by atoms with Crippen LogP contribution in [-0.4, -0.2) is 42.3 Å². The standard InChI is InChI=1S/C17H17ClN4O4/c1-19-15-8-7-13(22(25)26)9-14(15)17(24)21(2)10-16(23)20-12-5-3-11(18)4-6-12/h3-9,19H,10H2,1-2H3,(H,20,23). The lowest BCUT2D eigenvalue weighted by molar-refractivity contribution is -0.384. The summed E-state index contributed by atoms with van der Waals surface area (Å²) in [4.78, 5) is 36.3. The molecule has 0 saturated carbocycles. The summed E-state index contributed by atoms with van der Waals surface area (Å²) in [5, 5.41) is 16.9. The van der Waals surface area contributed by atoms with Gasteiger partial charge < -0.3 is 15.5 Å². The molecule has 0 spiro atoms. The van der Waals surface area contributed by atoms with E-state index in [1.54, 1.807) is 31.3 Å². The van der Waals surface area contributed by atoms with Crippen molar-refractivity contribution >= 4 is 40.5 Å². The molecule has 136 valence electrons. The SMILES string of the molecule is CNc1ccc([N+](=O)[O-])cc1C(=O)N(C)CC(=O)Nc1ccc(Cl)cc1. The van der Waals surface area contributed by atoms with Gasteiger partial charge in [-0.3, -0.25) is 19.7 Å². The molecule has 0 saturated heterocycles. The quantitative estimate of drug-likeness (QED) is 0.595. The summed E-state index contributed by atoms with van der Waals surface area (Å²) in [5.41, 5.74) is 0.895. The second-order valence-corrected chi connectivity index (χ2v) is 5.89. The van der Waals surface area contributed by atoms with E-state index in [1.165, 1.54) is 30.1 Å². The fraction of sp³-hybridized carbons (Fsp3) is 0.176. The third kappa shape index (κ3) is 4.70. The topological polar surface area (TPSA) is 105 Å². The van der Waals surface area contributed by atoms with Crippen molar-refractivity contribution in [2.75, 3.05) is 31.3 Å². The number of amides is 2. The molecular formula is C17H17ClN4O4. The lowest BCUT2D eigenvalue weighted by atomic mass is 10.1. The van der Waals surface area contributed by atoms with Gasteiger partial charge in [0.25, 0.3) is 11.6 Å². The Kier molecular flexibility index (Phi) is 6.13. The van der Waals surface area contributed by atoms with Crippen LogP contribution in [0.5, 0.6) is 0 Å². The first-order chi connectivity index (χ1) is 12.3. The van der Waals surface area contributed by atoms with Crippen LogP contribution in [0.2, 0.25) is 5.02 Å². The van der Waals surface area contributed by atoms with E-state index in [9.17, 15) is 19.7 Å². The minimum absolute atomic E-state index is 0.114. The Balaban J connectivity index is 2.11.